The van der Waals surface area contributed by atoms with Crippen LogP contribution in [0, 0.1) is 23.2 Å². The molecule has 4 bridgehead atoms. The number of nitrogens with zero attached hydrogens (tertiary/aromatic N) is 1. The number of fused-ring (bicyclic) bond motifs is 9. The van der Waals surface area contributed by atoms with Gasteiger partial charge < -0.3 is 4.57 Å². The molecule has 4 fully saturated rings. The average molecular weight is 762 g/mol. The molecule has 0 radical (unpaired) electrons. The van der Waals surface area contributed by atoms with Crippen LogP contribution in [0.1, 0.15) is 103 Å². The molecular formula is C58H51N. The highest BCUT2D eigenvalue weighted by Gasteiger charge is 2.56. The van der Waals surface area contributed by atoms with Gasteiger partial charge in [0.15, 0.2) is 0 Å². The van der Waals surface area contributed by atoms with Crippen LogP contribution in [0.4, 0.5) is 0 Å². The van der Waals surface area contributed by atoms with Gasteiger partial charge in [0.05, 0.1) is 11.0 Å². The van der Waals surface area contributed by atoms with E-state index in [1.165, 1.54) is 116 Å². The lowest BCUT2D eigenvalue weighted by atomic mass is 9.45. The second-order valence-electron chi connectivity index (χ2n) is 19.9. The topological polar surface area (TPSA) is 4.93 Å². The van der Waals surface area contributed by atoms with E-state index in [0.717, 1.165) is 24.2 Å². The first-order valence-corrected chi connectivity index (χ1v) is 22.5. The lowest BCUT2D eigenvalue weighted by Gasteiger charge is -2.59. The molecule has 6 aliphatic carbocycles. The van der Waals surface area contributed by atoms with Crippen molar-refractivity contribution >= 4 is 21.8 Å². The molecule has 0 saturated heterocycles. The fourth-order valence-electron chi connectivity index (χ4n) is 14.3. The lowest BCUT2D eigenvalue weighted by Crippen LogP contribution is -2.48. The van der Waals surface area contributed by atoms with Gasteiger partial charge in [0.1, 0.15) is 0 Å². The van der Waals surface area contributed by atoms with Crippen LogP contribution in [0.15, 0.2) is 158 Å². The third-order valence-corrected chi connectivity index (χ3v) is 16.3. The van der Waals surface area contributed by atoms with Crippen LogP contribution in [0.25, 0.3) is 49.7 Å². The Morgan fingerprint density at radius 2 is 1.14 bits per heavy atom. The molecule has 2 atom stereocenters. The van der Waals surface area contributed by atoms with Crippen LogP contribution in [-0.4, -0.2) is 4.57 Å². The SMILES string of the molecule is CC1(C)c2ccccc2-c2cc(C(Cc3ccc4c(c3)C(C35CC6CC(CC(C6)C3)C5)c3ccccc3-4)c3ccc4c5ccccc5n(-c5ccccc5)c4c3)ccc21. The van der Waals surface area contributed by atoms with Crippen LogP contribution in [0.5, 0.6) is 0 Å². The standard InChI is InChI=1S/C58H51N/c1-57(2)52-18-10-8-15-45(52)50-31-40(22-25-53(50)57)49(41-21-24-47-46-16-9-11-19-54(46)59(55(47)32-41)42-12-4-3-5-13-42)29-36-20-23-44-43-14-6-7-17-48(43)56(51(44)30-36)58-33-37-26-38(34-58)28-39(27-37)35-58/h3-25,30-32,37-39,49,56H,26-29,33-35H2,1-2H3. The smallest absolute Gasteiger partial charge is 0.0544 e. The minimum absolute atomic E-state index is 0.0171. The highest BCUT2D eigenvalue weighted by Crippen LogP contribution is 2.68. The Hall–Kier alpha value is -5.66. The van der Waals surface area contributed by atoms with Crippen LogP contribution in [-0.2, 0) is 11.8 Å². The molecule has 2 unspecified atom stereocenters. The maximum atomic E-state index is 2.69. The molecule has 0 spiro atoms. The van der Waals surface area contributed by atoms with Gasteiger partial charge in [-0.2, -0.15) is 0 Å². The summed E-state index contributed by atoms with van der Waals surface area (Å²) >= 11 is 0. The lowest BCUT2D eigenvalue weighted by molar-refractivity contribution is -0.0612. The van der Waals surface area contributed by atoms with Crippen molar-refractivity contribution in [1.29, 1.82) is 0 Å². The minimum atomic E-state index is -0.0171. The maximum Gasteiger partial charge on any atom is 0.0544 e. The van der Waals surface area contributed by atoms with E-state index in [1.54, 1.807) is 11.1 Å². The number of benzene rings is 7. The van der Waals surface area contributed by atoms with E-state index in [-0.39, 0.29) is 11.3 Å². The van der Waals surface area contributed by atoms with E-state index >= 15 is 0 Å². The Kier molecular flexibility index (Phi) is 7.21. The third kappa shape index (κ3) is 4.97. The largest absolute Gasteiger partial charge is 0.309 e. The van der Waals surface area contributed by atoms with Gasteiger partial charge in [-0.1, -0.05) is 147 Å². The summed E-state index contributed by atoms with van der Waals surface area (Å²) in [6.45, 7) is 4.79. The van der Waals surface area contributed by atoms with E-state index < -0.39 is 0 Å². The van der Waals surface area contributed by atoms with Crippen molar-refractivity contribution in [3.05, 3.63) is 197 Å². The van der Waals surface area contributed by atoms with Crippen molar-refractivity contribution in [2.45, 2.75) is 76.0 Å². The molecular weight excluding hydrogens is 711 g/mol. The Bertz CT molecular complexity index is 2960. The minimum Gasteiger partial charge on any atom is -0.309 e. The molecule has 7 aromatic carbocycles. The summed E-state index contributed by atoms with van der Waals surface area (Å²) in [5.74, 6) is 3.49. The molecule has 0 amide bonds. The number of para-hydroxylation sites is 2. The molecule has 59 heavy (non-hydrogen) atoms. The quantitative estimate of drug-likeness (QED) is 0.159. The molecule has 1 heterocycles. The highest BCUT2D eigenvalue weighted by atomic mass is 15.0. The summed E-state index contributed by atoms with van der Waals surface area (Å²) in [5.41, 5.74) is 20.2. The van der Waals surface area contributed by atoms with E-state index in [4.69, 9.17) is 0 Å². The van der Waals surface area contributed by atoms with E-state index in [0.29, 0.717) is 11.3 Å². The zero-order valence-corrected chi connectivity index (χ0v) is 34.3. The summed E-state index contributed by atoms with van der Waals surface area (Å²) in [7, 11) is 0. The van der Waals surface area contributed by atoms with Gasteiger partial charge in [0.25, 0.3) is 0 Å². The Morgan fingerprint density at radius 3 is 1.95 bits per heavy atom. The van der Waals surface area contributed by atoms with Crippen molar-refractivity contribution in [3.63, 3.8) is 0 Å². The van der Waals surface area contributed by atoms with Crippen molar-refractivity contribution in [3.8, 4) is 27.9 Å². The normalized spacial score (nSPS) is 24.6. The summed E-state index contributed by atoms with van der Waals surface area (Å²) < 4.78 is 2.48. The molecule has 6 aliphatic rings. The molecule has 1 aromatic heterocycles. The first kappa shape index (κ1) is 34.2. The first-order chi connectivity index (χ1) is 28.9. The van der Waals surface area contributed by atoms with Gasteiger partial charge >= 0.3 is 0 Å². The van der Waals surface area contributed by atoms with Crippen molar-refractivity contribution in [2.24, 2.45) is 23.2 Å². The summed E-state index contributed by atoms with van der Waals surface area (Å²) in [6.07, 6.45) is 9.68. The molecule has 4 saturated carbocycles. The maximum absolute atomic E-state index is 2.69. The molecule has 8 aromatic rings. The van der Waals surface area contributed by atoms with Gasteiger partial charge in [-0.15, -0.1) is 0 Å². The van der Waals surface area contributed by atoms with Crippen LogP contribution in [0.2, 0.25) is 0 Å². The molecule has 14 rings (SSSR count). The fraction of sp³-hybridized carbons (Fsp3) is 0.276. The number of hydrogen-bond donors (Lipinski definition) is 0. The number of rotatable bonds is 6. The molecule has 288 valence electrons. The Labute approximate surface area is 348 Å². The first-order valence-electron chi connectivity index (χ1n) is 22.5. The van der Waals surface area contributed by atoms with Crippen LogP contribution >= 0.6 is 0 Å². The van der Waals surface area contributed by atoms with Gasteiger partial charge in [0.2, 0.25) is 0 Å². The Balaban J connectivity index is 0.985. The molecule has 0 N–H and O–H groups in total. The highest BCUT2D eigenvalue weighted by molar-refractivity contribution is 6.09. The summed E-state index contributed by atoms with van der Waals surface area (Å²) in [6, 6.07) is 61.0. The molecule has 1 nitrogen and oxygen atoms in total. The molecule has 0 aliphatic heterocycles. The Morgan fingerprint density at radius 1 is 0.508 bits per heavy atom. The van der Waals surface area contributed by atoms with E-state index in [1.807, 2.05) is 0 Å². The average Bonchev–Trinajstić information content (AvgIpc) is 3.85. The fourth-order valence-corrected chi connectivity index (χ4v) is 14.3. The number of aromatic nitrogens is 1. The molecule has 1 heteroatoms. The monoisotopic (exact) mass is 761 g/mol. The van der Waals surface area contributed by atoms with Crippen molar-refractivity contribution in [2.75, 3.05) is 0 Å². The van der Waals surface area contributed by atoms with Crippen LogP contribution in [0.3, 0.4) is 0 Å². The predicted molar refractivity (Wildman–Crippen MR) is 245 cm³/mol. The van der Waals surface area contributed by atoms with Gasteiger partial charge in [-0.25, -0.2) is 0 Å². The predicted octanol–water partition coefficient (Wildman–Crippen LogP) is 14.8. The van der Waals surface area contributed by atoms with E-state index in [2.05, 4.69) is 176 Å². The van der Waals surface area contributed by atoms with Crippen LogP contribution < -0.4 is 0 Å². The van der Waals surface area contributed by atoms with Crippen molar-refractivity contribution in [1.82, 2.24) is 4.57 Å². The third-order valence-electron chi connectivity index (χ3n) is 16.3. The zero-order chi connectivity index (χ0) is 39.0. The summed E-state index contributed by atoms with van der Waals surface area (Å²) in [4.78, 5) is 0. The van der Waals surface area contributed by atoms with Gasteiger partial charge in [-0.05, 0) is 154 Å². The summed E-state index contributed by atoms with van der Waals surface area (Å²) in [5, 5.41) is 2.62. The van der Waals surface area contributed by atoms with Gasteiger partial charge in [-0.3, -0.25) is 0 Å². The van der Waals surface area contributed by atoms with Gasteiger partial charge in [0, 0.05) is 33.7 Å². The van der Waals surface area contributed by atoms with E-state index in [9.17, 15) is 0 Å². The number of hydrogen-bond acceptors (Lipinski definition) is 0. The van der Waals surface area contributed by atoms with Crippen molar-refractivity contribution < 1.29 is 0 Å². The second-order valence-corrected chi connectivity index (χ2v) is 19.9. The second kappa shape index (κ2) is 12.4. The zero-order valence-electron chi connectivity index (χ0n) is 34.3.